The van der Waals surface area contributed by atoms with Crippen LogP contribution in [0.15, 0.2) is 47.7 Å². The van der Waals surface area contributed by atoms with Gasteiger partial charge in [0.15, 0.2) is 0 Å². The number of carbonyl (C=O) groups is 1. The van der Waals surface area contributed by atoms with Gasteiger partial charge in [0.05, 0.1) is 32.6 Å². The normalized spacial score (nSPS) is 12.6. The summed E-state index contributed by atoms with van der Waals surface area (Å²) in [5.41, 5.74) is -2.70. The minimum Gasteiger partial charge on any atom is -0.315 e. The van der Waals surface area contributed by atoms with Crippen molar-refractivity contribution >= 4 is 39.7 Å². The number of amides is 1. The second kappa shape index (κ2) is 10.1. The van der Waals surface area contributed by atoms with Gasteiger partial charge in [0, 0.05) is 30.2 Å². The van der Waals surface area contributed by atoms with E-state index < -0.39 is 61.2 Å². The Kier molecular flexibility index (Phi) is 7.21. The van der Waals surface area contributed by atoms with Crippen LogP contribution in [0.1, 0.15) is 17.3 Å². The Labute approximate surface area is 202 Å². The van der Waals surface area contributed by atoms with Crippen LogP contribution in [0.25, 0.3) is 11.0 Å². The smallest absolute Gasteiger partial charge is 0.315 e. The van der Waals surface area contributed by atoms with E-state index >= 15 is 0 Å². The summed E-state index contributed by atoms with van der Waals surface area (Å²) >= 11 is 0. The molecule has 0 unspecified atom stereocenters. The van der Waals surface area contributed by atoms with E-state index in [-0.39, 0.29) is 22.8 Å². The quantitative estimate of drug-likeness (QED) is 0.251. The van der Waals surface area contributed by atoms with Crippen molar-refractivity contribution in [1.29, 1.82) is 0 Å². The van der Waals surface area contributed by atoms with Gasteiger partial charge in [-0.1, -0.05) is 0 Å². The number of nitrogens with one attached hydrogen (secondary N) is 2. The van der Waals surface area contributed by atoms with Gasteiger partial charge >= 0.3 is 12.2 Å². The fraction of sp³-hybridized carbons (Fsp3) is 0.158. The van der Waals surface area contributed by atoms with Crippen LogP contribution in [0.2, 0.25) is 0 Å². The molecule has 0 spiro atoms. The molecular formula is C19H13F3N8O7. The molecule has 3 aromatic rings. The highest BCUT2D eigenvalue weighted by molar-refractivity contribution is 6.44. The zero-order chi connectivity index (χ0) is 27.5. The predicted molar refractivity (Wildman–Crippen MR) is 119 cm³/mol. The molecule has 0 aliphatic heterocycles. The topological polar surface area (TPSA) is 209 Å². The average molecular weight is 522 g/mol. The number of benzene rings is 2. The maximum absolute atomic E-state index is 13.0. The second-order valence-corrected chi connectivity index (χ2v) is 7.07. The van der Waals surface area contributed by atoms with Gasteiger partial charge in [-0.2, -0.15) is 18.3 Å². The van der Waals surface area contributed by atoms with Gasteiger partial charge in [-0.05, 0) is 18.2 Å². The Balaban J connectivity index is 2.05. The van der Waals surface area contributed by atoms with Crippen molar-refractivity contribution in [3.63, 3.8) is 0 Å². The lowest BCUT2D eigenvalue weighted by Gasteiger charge is -2.13. The molecule has 1 heterocycles. The lowest BCUT2D eigenvalue weighted by molar-refractivity contribution is -0.509. The number of hydrogen-bond donors (Lipinski definition) is 2. The van der Waals surface area contributed by atoms with Crippen LogP contribution >= 0.6 is 0 Å². The second-order valence-electron chi connectivity index (χ2n) is 7.07. The summed E-state index contributed by atoms with van der Waals surface area (Å²) in [5.74, 6) is -1.38. The number of fused-ring (bicyclic) bond motifs is 1. The van der Waals surface area contributed by atoms with E-state index in [9.17, 15) is 48.3 Å². The molecule has 0 fully saturated rings. The van der Waals surface area contributed by atoms with Gasteiger partial charge in [0.25, 0.3) is 17.3 Å². The van der Waals surface area contributed by atoms with Crippen LogP contribution in [0.3, 0.4) is 0 Å². The minimum atomic E-state index is -4.91. The number of aromatic nitrogens is 2. The molecule has 1 aromatic heterocycles. The zero-order valence-corrected chi connectivity index (χ0v) is 18.3. The lowest BCUT2D eigenvalue weighted by Crippen LogP contribution is -2.34. The first-order valence-corrected chi connectivity index (χ1v) is 9.79. The maximum atomic E-state index is 13.0. The number of alkyl halides is 3. The molecule has 0 saturated carbocycles. The lowest BCUT2D eigenvalue weighted by atomic mass is 10.1. The fourth-order valence-electron chi connectivity index (χ4n) is 3.12. The van der Waals surface area contributed by atoms with Gasteiger partial charge in [-0.15, -0.1) is 0 Å². The zero-order valence-electron chi connectivity index (χ0n) is 18.3. The molecule has 0 aliphatic carbocycles. The molecule has 2 aromatic carbocycles. The summed E-state index contributed by atoms with van der Waals surface area (Å²) in [6.07, 6.45) is -3.98. The number of nitrogens with zero attached hydrogens (tertiary/aromatic N) is 6. The maximum Gasteiger partial charge on any atom is 0.416 e. The van der Waals surface area contributed by atoms with Crippen molar-refractivity contribution in [3.8, 4) is 0 Å². The van der Waals surface area contributed by atoms with Crippen LogP contribution in [0, 0.1) is 30.3 Å². The molecule has 192 valence electrons. The third kappa shape index (κ3) is 5.69. The number of anilines is 1. The fourth-order valence-corrected chi connectivity index (χ4v) is 3.12. The van der Waals surface area contributed by atoms with Gasteiger partial charge in [0.2, 0.25) is 5.71 Å². The third-order valence-electron chi connectivity index (χ3n) is 4.74. The van der Waals surface area contributed by atoms with Crippen molar-refractivity contribution in [3.05, 3.63) is 84.2 Å². The molecule has 2 N–H and O–H groups in total. The molecule has 1 amide bonds. The average Bonchev–Trinajstić information content (AvgIpc) is 2.82. The Morgan fingerprint density at radius 2 is 1.73 bits per heavy atom. The number of hydrazone groups is 1. The van der Waals surface area contributed by atoms with Gasteiger partial charge < -0.3 is 10.7 Å². The van der Waals surface area contributed by atoms with E-state index in [1.165, 1.54) is 13.1 Å². The molecule has 18 heteroatoms. The number of non-ortho nitro benzene ring substituents is 1. The van der Waals surface area contributed by atoms with Crippen molar-refractivity contribution in [2.24, 2.45) is 5.10 Å². The van der Waals surface area contributed by atoms with Crippen molar-refractivity contribution in [2.45, 2.75) is 12.2 Å². The first-order chi connectivity index (χ1) is 17.3. The largest absolute Gasteiger partial charge is 0.416 e. The van der Waals surface area contributed by atoms with E-state index in [1.807, 2.05) is 5.32 Å². The van der Waals surface area contributed by atoms with Crippen molar-refractivity contribution in [1.82, 2.24) is 15.4 Å². The van der Waals surface area contributed by atoms with Crippen LogP contribution in [0.5, 0.6) is 0 Å². The molecule has 1 atom stereocenters. The van der Waals surface area contributed by atoms with Crippen LogP contribution in [0.4, 0.5) is 30.2 Å². The van der Waals surface area contributed by atoms with E-state index in [4.69, 9.17) is 0 Å². The van der Waals surface area contributed by atoms with Crippen LogP contribution < -0.4 is 10.7 Å². The molecule has 37 heavy (non-hydrogen) atoms. The van der Waals surface area contributed by atoms with Gasteiger partial charge in [-0.25, -0.2) is 4.98 Å². The summed E-state index contributed by atoms with van der Waals surface area (Å²) < 4.78 is 38.9. The summed E-state index contributed by atoms with van der Waals surface area (Å²) in [6, 6.07) is 2.55. The highest BCUT2D eigenvalue weighted by atomic mass is 19.4. The van der Waals surface area contributed by atoms with Crippen molar-refractivity contribution < 1.29 is 32.7 Å². The Bertz CT molecular complexity index is 1460. The summed E-state index contributed by atoms with van der Waals surface area (Å²) in [7, 11) is 1.18. The highest BCUT2D eigenvalue weighted by Crippen LogP contribution is 2.35. The number of hydrogen-bond acceptors (Lipinski definition) is 11. The molecule has 0 saturated heterocycles. The monoisotopic (exact) mass is 522 g/mol. The van der Waals surface area contributed by atoms with Gasteiger partial charge in [-0.3, -0.25) is 40.1 Å². The van der Waals surface area contributed by atoms with Gasteiger partial charge in [0.1, 0.15) is 11.4 Å². The van der Waals surface area contributed by atoms with Crippen molar-refractivity contribution in [2.75, 3.05) is 12.4 Å². The SMILES string of the molecule is CN/N=C(\C(=O)Nc1ccc(C(F)(F)F)cc1[N+](=O)[O-])[C@H](c1cnc2ccc([N+](=O)[O-])cc2n1)[N+](=O)[O-]. The first-order valence-electron chi connectivity index (χ1n) is 9.79. The van der Waals surface area contributed by atoms with Crippen LogP contribution in [-0.2, 0) is 11.0 Å². The number of nitro groups is 3. The number of halogens is 3. The third-order valence-corrected chi connectivity index (χ3v) is 4.74. The molecule has 15 nitrogen and oxygen atoms in total. The van der Waals surface area contributed by atoms with E-state index in [2.05, 4.69) is 20.5 Å². The summed E-state index contributed by atoms with van der Waals surface area (Å²) in [6.45, 7) is 0. The van der Waals surface area contributed by atoms with E-state index in [0.29, 0.717) is 12.1 Å². The molecule has 0 bridgehead atoms. The Morgan fingerprint density at radius 3 is 2.30 bits per heavy atom. The summed E-state index contributed by atoms with van der Waals surface area (Å²) in [4.78, 5) is 52.2. The highest BCUT2D eigenvalue weighted by Gasteiger charge is 2.38. The minimum absolute atomic E-state index is 0.110. The molecule has 3 rings (SSSR count). The predicted octanol–water partition coefficient (Wildman–Crippen LogP) is 3.00. The molecular weight excluding hydrogens is 509 g/mol. The van der Waals surface area contributed by atoms with Crippen LogP contribution in [-0.4, -0.2) is 43.4 Å². The van der Waals surface area contributed by atoms with E-state index in [1.54, 1.807) is 0 Å². The molecule has 0 aliphatic rings. The summed E-state index contributed by atoms with van der Waals surface area (Å²) in [5, 5.41) is 39.8. The molecule has 0 radical (unpaired) electrons. The van der Waals surface area contributed by atoms with E-state index in [0.717, 1.165) is 18.3 Å². The number of rotatable bonds is 8. The number of carbonyl (C=O) groups excluding carboxylic acids is 1. The first kappa shape index (κ1) is 26.3. The number of nitro benzene ring substituents is 2. The Morgan fingerprint density at radius 1 is 1.03 bits per heavy atom. The Hall–Kier alpha value is -5.29. The standard InChI is InChI=1S/C19H13F3N8O7/c1-23-27-16(18(31)26-12-4-2-9(19(20,21)22)6-15(12)29(34)35)17(30(36)37)14-8-24-11-5-3-10(28(32)33)7-13(11)25-14/h2-8,17,23H,1H3,(H,26,31)/b27-16-/t17-/m0/s1.